The molecule has 1 amide bonds. The van der Waals surface area contributed by atoms with Crippen molar-refractivity contribution in [3.8, 4) is 0 Å². The average molecular weight is 335 g/mol. The molecular formula is C10H8BrFN2O3S. The number of non-ortho nitro benzene ring substituents is 1. The van der Waals surface area contributed by atoms with E-state index in [1.165, 1.54) is 11.0 Å². The molecule has 1 aliphatic heterocycles. The standard InChI is InChI=1S/C10H8BrFN2O3S/c11-7-1-5(14(16)17)2-8(12)10(7)13-4-6(18)3-9(13)15/h1-2,6,18H,3-4H2. The van der Waals surface area contributed by atoms with Crippen LogP contribution in [0.25, 0.3) is 0 Å². The number of thiol groups is 1. The molecule has 0 saturated carbocycles. The minimum absolute atomic E-state index is 0.0298. The molecule has 0 spiro atoms. The van der Waals surface area contributed by atoms with E-state index in [4.69, 9.17) is 0 Å². The van der Waals surface area contributed by atoms with Crippen LogP contribution in [-0.2, 0) is 4.79 Å². The van der Waals surface area contributed by atoms with Crippen LogP contribution in [0.5, 0.6) is 0 Å². The Kier molecular flexibility index (Phi) is 3.58. The SMILES string of the molecule is O=C1CC(S)CN1c1c(F)cc([N+](=O)[O-])cc1Br. The van der Waals surface area contributed by atoms with Gasteiger partial charge in [-0.2, -0.15) is 12.6 Å². The maximum atomic E-state index is 13.9. The predicted molar refractivity (Wildman–Crippen MR) is 70.5 cm³/mol. The lowest BCUT2D eigenvalue weighted by molar-refractivity contribution is -0.385. The maximum Gasteiger partial charge on any atom is 0.273 e. The summed E-state index contributed by atoms with van der Waals surface area (Å²) in [7, 11) is 0. The fourth-order valence-electron chi connectivity index (χ4n) is 1.82. The number of hydrogen-bond acceptors (Lipinski definition) is 4. The zero-order chi connectivity index (χ0) is 13.4. The highest BCUT2D eigenvalue weighted by Gasteiger charge is 2.32. The first kappa shape index (κ1) is 13.3. The van der Waals surface area contributed by atoms with Crippen molar-refractivity contribution in [2.45, 2.75) is 11.7 Å². The molecule has 0 bridgehead atoms. The fourth-order valence-corrected chi connectivity index (χ4v) is 2.78. The lowest BCUT2D eigenvalue weighted by Crippen LogP contribution is -2.26. The number of halogens is 2. The second-order valence-electron chi connectivity index (χ2n) is 3.88. The van der Waals surface area contributed by atoms with Gasteiger partial charge in [0.25, 0.3) is 5.69 Å². The lowest BCUT2D eigenvalue weighted by atomic mass is 10.2. The monoisotopic (exact) mass is 334 g/mol. The largest absolute Gasteiger partial charge is 0.308 e. The van der Waals surface area contributed by atoms with Gasteiger partial charge in [-0.15, -0.1) is 0 Å². The maximum absolute atomic E-state index is 13.9. The summed E-state index contributed by atoms with van der Waals surface area (Å²) in [6.07, 6.45) is 0.228. The molecule has 1 aromatic carbocycles. The smallest absolute Gasteiger partial charge is 0.273 e. The first-order valence-corrected chi connectivity index (χ1v) is 6.33. The molecule has 0 radical (unpaired) electrons. The molecule has 1 fully saturated rings. The molecular weight excluding hydrogens is 327 g/mol. The predicted octanol–water partition coefficient (Wildman–Crippen LogP) is 2.53. The number of hydrogen-bond donors (Lipinski definition) is 1. The Morgan fingerprint density at radius 1 is 1.56 bits per heavy atom. The van der Waals surface area contributed by atoms with E-state index in [1.54, 1.807) is 0 Å². The van der Waals surface area contributed by atoms with Gasteiger partial charge in [-0.25, -0.2) is 4.39 Å². The van der Waals surface area contributed by atoms with Gasteiger partial charge in [-0.05, 0) is 15.9 Å². The summed E-state index contributed by atoms with van der Waals surface area (Å²) in [6, 6.07) is 1.98. The molecule has 1 heterocycles. The third-order valence-corrected chi connectivity index (χ3v) is 3.54. The van der Waals surface area contributed by atoms with Crippen molar-refractivity contribution in [1.82, 2.24) is 0 Å². The Morgan fingerprint density at radius 2 is 2.22 bits per heavy atom. The van der Waals surface area contributed by atoms with E-state index in [0.29, 0.717) is 0 Å². The Bertz CT molecular complexity index is 517. The first-order valence-electron chi connectivity index (χ1n) is 5.02. The van der Waals surface area contributed by atoms with Crippen LogP contribution >= 0.6 is 28.6 Å². The molecule has 0 aromatic heterocycles. The number of benzene rings is 1. The summed E-state index contributed by atoms with van der Waals surface area (Å²) in [5.41, 5.74) is -0.334. The van der Waals surface area contributed by atoms with Crippen molar-refractivity contribution < 1.29 is 14.1 Å². The van der Waals surface area contributed by atoms with Gasteiger partial charge in [0.05, 0.1) is 21.1 Å². The normalized spacial score (nSPS) is 19.4. The molecule has 1 unspecified atom stereocenters. The number of anilines is 1. The second kappa shape index (κ2) is 4.85. The zero-order valence-corrected chi connectivity index (χ0v) is 11.4. The molecule has 0 N–H and O–H groups in total. The van der Waals surface area contributed by atoms with Crippen molar-refractivity contribution in [1.29, 1.82) is 0 Å². The third kappa shape index (κ3) is 2.35. The van der Waals surface area contributed by atoms with Crippen molar-refractivity contribution in [2.75, 3.05) is 11.4 Å². The second-order valence-corrected chi connectivity index (χ2v) is 5.46. The number of carbonyl (C=O) groups is 1. The van der Waals surface area contributed by atoms with Gasteiger partial charge in [0.1, 0.15) is 0 Å². The van der Waals surface area contributed by atoms with E-state index in [-0.39, 0.29) is 40.0 Å². The molecule has 96 valence electrons. The molecule has 2 rings (SSSR count). The van der Waals surface area contributed by atoms with Gasteiger partial charge >= 0.3 is 0 Å². The van der Waals surface area contributed by atoms with Crippen LogP contribution in [-0.4, -0.2) is 22.6 Å². The summed E-state index contributed by atoms with van der Waals surface area (Å²) in [5.74, 6) is -1.05. The minimum Gasteiger partial charge on any atom is -0.308 e. The van der Waals surface area contributed by atoms with Crippen LogP contribution in [0.15, 0.2) is 16.6 Å². The Hall–Kier alpha value is -1.15. The van der Waals surface area contributed by atoms with E-state index in [9.17, 15) is 19.3 Å². The minimum atomic E-state index is -0.799. The molecule has 18 heavy (non-hydrogen) atoms. The average Bonchev–Trinajstić information content (AvgIpc) is 2.56. The molecule has 1 aromatic rings. The zero-order valence-electron chi connectivity index (χ0n) is 8.97. The summed E-state index contributed by atoms with van der Waals surface area (Å²) >= 11 is 7.23. The first-order chi connectivity index (χ1) is 8.40. The van der Waals surface area contributed by atoms with Crippen molar-refractivity contribution in [2.24, 2.45) is 0 Å². The number of nitro benzene ring substituents is 1. The number of nitrogens with zero attached hydrogens (tertiary/aromatic N) is 2. The van der Waals surface area contributed by atoms with Gasteiger partial charge in [0.2, 0.25) is 5.91 Å². The fraction of sp³-hybridized carbons (Fsp3) is 0.300. The number of nitro groups is 1. The van der Waals surface area contributed by atoms with Gasteiger partial charge < -0.3 is 4.90 Å². The summed E-state index contributed by atoms with van der Waals surface area (Å²) < 4.78 is 14.1. The van der Waals surface area contributed by atoms with Gasteiger partial charge in [0, 0.05) is 24.3 Å². The van der Waals surface area contributed by atoms with Crippen LogP contribution < -0.4 is 4.90 Å². The van der Waals surface area contributed by atoms with Gasteiger partial charge in [0.15, 0.2) is 5.82 Å². The van der Waals surface area contributed by atoms with E-state index >= 15 is 0 Å². The van der Waals surface area contributed by atoms with Gasteiger partial charge in [-0.1, -0.05) is 0 Å². The highest BCUT2D eigenvalue weighted by molar-refractivity contribution is 9.10. The molecule has 1 saturated heterocycles. The van der Waals surface area contributed by atoms with Crippen molar-refractivity contribution in [3.63, 3.8) is 0 Å². The van der Waals surface area contributed by atoms with E-state index < -0.39 is 10.7 Å². The Labute approximate surface area is 116 Å². The molecule has 8 heteroatoms. The third-order valence-electron chi connectivity index (χ3n) is 2.59. The lowest BCUT2D eigenvalue weighted by Gasteiger charge is -2.18. The highest BCUT2D eigenvalue weighted by Crippen LogP contribution is 2.36. The molecule has 1 atom stereocenters. The molecule has 0 aliphatic carbocycles. The van der Waals surface area contributed by atoms with Crippen LogP contribution in [0, 0.1) is 15.9 Å². The van der Waals surface area contributed by atoms with Crippen LogP contribution in [0.3, 0.4) is 0 Å². The topological polar surface area (TPSA) is 63.5 Å². The number of rotatable bonds is 2. The van der Waals surface area contributed by atoms with Crippen LogP contribution in [0.2, 0.25) is 0 Å². The summed E-state index contributed by atoms with van der Waals surface area (Å²) in [4.78, 5) is 22.8. The quantitative estimate of drug-likeness (QED) is 0.513. The van der Waals surface area contributed by atoms with Crippen molar-refractivity contribution in [3.05, 3.63) is 32.5 Å². The van der Waals surface area contributed by atoms with Crippen molar-refractivity contribution >= 4 is 45.8 Å². The van der Waals surface area contributed by atoms with Crippen LogP contribution in [0.4, 0.5) is 15.8 Å². The van der Waals surface area contributed by atoms with E-state index in [1.807, 2.05) is 0 Å². The number of carbonyl (C=O) groups excluding carboxylic acids is 1. The van der Waals surface area contributed by atoms with Gasteiger partial charge in [-0.3, -0.25) is 14.9 Å². The molecule has 1 aliphatic rings. The molecule has 5 nitrogen and oxygen atoms in total. The van der Waals surface area contributed by atoms with Crippen LogP contribution in [0.1, 0.15) is 6.42 Å². The van der Waals surface area contributed by atoms with E-state index in [0.717, 1.165) is 6.07 Å². The number of amides is 1. The highest BCUT2D eigenvalue weighted by atomic mass is 79.9. The Balaban J connectivity index is 2.46. The Morgan fingerprint density at radius 3 is 2.67 bits per heavy atom. The van der Waals surface area contributed by atoms with E-state index in [2.05, 4.69) is 28.6 Å². The summed E-state index contributed by atoms with van der Waals surface area (Å²) in [6.45, 7) is 0.287. The summed E-state index contributed by atoms with van der Waals surface area (Å²) in [5, 5.41) is 10.4.